The number of ether oxygens (including phenoxy) is 2. The van der Waals surface area contributed by atoms with Crippen LogP contribution in [0.5, 0.6) is 0 Å². The summed E-state index contributed by atoms with van der Waals surface area (Å²) < 4.78 is 10.1. The number of methoxy groups -OCH3 is 1. The lowest BCUT2D eigenvalue weighted by molar-refractivity contribution is -0.147. The van der Waals surface area contributed by atoms with Crippen molar-refractivity contribution in [3.63, 3.8) is 0 Å². The van der Waals surface area contributed by atoms with Crippen LogP contribution in [0, 0.1) is 19.8 Å². The molecule has 1 rings (SSSR count). The van der Waals surface area contributed by atoms with E-state index in [4.69, 9.17) is 4.74 Å². The van der Waals surface area contributed by atoms with Crippen LogP contribution in [-0.4, -0.2) is 60.1 Å². The fourth-order valence-electron chi connectivity index (χ4n) is 3.77. The highest BCUT2D eigenvalue weighted by molar-refractivity contribution is 5.93. The molecule has 0 radical (unpaired) electrons. The van der Waals surface area contributed by atoms with Gasteiger partial charge in [-0.05, 0) is 71.1 Å². The molecule has 36 heavy (non-hydrogen) atoms. The molecule has 0 heterocycles. The number of hydrogen-bond acceptors (Lipinski definition) is 6. The number of hydrogen-bond donors (Lipinski definition) is 2. The van der Waals surface area contributed by atoms with Crippen LogP contribution in [0.3, 0.4) is 0 Å². The Hall–Kier alpha value is -3.10. The fraction of sp³-hybridized carbons (Fsp3) is 0.630. The van der Waals surface area contributed by atoms with Crippen molar-refractivity contribution in [1.82, 2.24) is 15.5 Å². The van der Waals surface area contributed by atoms with E-state index in [1.165, 1.54) is 12.0 Å². The van der Waals surface area contributed by atoms with Gasteiger partial charge in [0.1, 0.15) is 24.2 Å². The summed E-state index contributed by atoms with van der Waals surface area (Å²) in [6.07, 6.45) is -0.0934. The first-order valence-corrected chi connectivity index (χ1v) is 12.4. The van der Waals surface area contributed by atoms with Crippen molar-refractivity contribution >= 4 is 23.9 Å². The second kappa shape index (κ2) is 13.3. The van der Waals surface area contributed by atoms with Crippen molar-refractivity contribution in [3.05, 3.63) is 34.9 Å². The van der Waals surface area contributed by atoms with Gasteiger partial charge in [0.05, 0.1) is 7.11 Å². The van der Waals surface area contributed by atoms with E-state index in [0.29, 0.717) is 12.0 Å². The second-order valence-electron chi connectivity index (χ2n) is 10.3. The van der Waals surface area contributed by atoms with Crippen molar-refractivity contribution in [2.75, 3.05) is 13.7 Å². The highest BCUT2D eigenvalue weighted by atomic mass is 16.6. The zero-order valence-corrected chi connectivity index (χ0v) is 23.4. The highest BCUT2D eigenvalue weighted by Gasteiger charge is 2.40. The minimum atomic E-state index is -1.03. The molecule has 9 nitrogen and oxygen atoms in total. The van der Waals surface area contributed by atoms with E-state index in [1.807, 2.05) is 53.7 Å². The molecule has 0 aliphatic heterocycles. The number of amides is 3. The molecule has 0 fully saturated rings. The molecule has 0 spiro atoms. The monoisotopic (exact) mass is 505 g/mol. The van der Waals surface area contributed by atoms with Crippen molar-refractivity contribution in [1.29, 1.82) is 0 Å². The summed E-state index contributed by atoms with van der Waals surface area (Å²) in [5, 5.41) is 5.34. The fourth-order valence-corrected chi connectivity index (χ4v) is 3.77. The molecular formula is C27H43N3O6. The van der Waals surface area contributed by atoms with Gasteiger partial charge >= 0.3 is 12.1 Å². The number of benzene rings is 1. The lowest BCUT2D eigenvalue weighted by Crippen LogP contribution is -2.57. The predicted octanol–water partition coefficient (Wildman–Crippen LogP) is 3.81. The summed E-state index contributed by atoms with van der Waals surface area (Å²) in [5.74, 6) is -1.76. The maximum absolute atomic E-state index is 14.1. The van der Waals surface area contributed by atoms with Gasteiger partial charge < -0.3 is 25.0 Å². The van der Waals surface area contributed by atoms with Crippen molar-refractivity contribution in [2.45, 2.75) is 92.5 Å². The molecule has 2 N–H and O–H groups in total. The maximum Gasteiger partial charge on any atom is 0.408 e. The lowest BCUT2D eigenvalue weighted by Gasteiger charge is -2.39. The van der Waals surface area contributed by atoms with Crippen LogP contribution in [0.2, 0.25) is 0 Å². The second-order valence-corrected chi connectivity index (χ2v) is 10.3. The van der Waals surface area contributed by atoms with Gasteiger partial charge in [-0.15, -0.1) is 0 Å². The Balaban J connectivity index is 3.56. The van der Waals surface area contributed by atoms with Gasteiger partial charge in [-0.2, -0.15) is 0 Å². The molecule has 1 aromatic rings. The first kappa shape index (κ1) is 30.9. The molecule has 3 amide bonds. The molecule has 1 aromatic carbocycles. The lowest BCUT2D eigenvalue weighted by atomic mass is 9.92. The number of nitrogens with one attached hydrogen (secondary N) is 2. The minimum absolute atomic E-state index is 0.233. The quantitative estimate of drug-likeness (QED) is 0.468. The Morgan fingerprint density at radius 2 is 1.67 bits per heavy atom. The summed E-state index contributed by atoms with van der Waals surface area (Å²) in [6, 6.07) is 3.19. The summed E-state index contributed by atoms with van der Waals surface area (Å²) in [5.41, 5.74) is 1.72. The van der Waals surface area contributed by atoms with E-state index in [0.717, 1.165) is 11.1 Å². The van der Waals surface area contributed by atoms with Crippen LogP contribution in [0.15, 0.2) is 18.2 Å². The smallest absolute Gasteiger partial charge is 0.408 e. The number of aryl methyl sites for hydroxylation is 1. The van der Waals surface area contributed by atoms with Gasteiger partial charge in [0.15, 0.2) is 0 Å². The number of carbonyl (C=O) groups excluding carboxylic acids is 4. The molecule has 0 saturated carbocycles. The van der Waals surface area contributed by atoms with Crippen LogP contribution in [0.1, 0.15) is 77.6 Å². The average Bonchev–Trinajstić information content (AvgIpc) is 2.78. The van der Waals surface area contributed by atoms with Crippen LogP contribution >= 0.6 is 0 Å². The number of rotatable bonds is 10. The number of nitrogens with zero attached hydrogens (tertiary/aromatic N) is 1. The van der Waals surface area contributed by atoms with E-state index >= 15 is 0 Å². The average molecular weight is 506 g/mol. The van der Waals surface area contributed by atoms with Crippen molar-refractivity contribution in [3.8, 4) is 0 Å². The van der Waals surface area contributed by atoms with E-state index < -0.39 is 47.6 Å². The summed E-state index contributed by atoms with van der Waals surface area (Å²) in [4.78, 5) is 53.4. The van der Waals surface area contributed by atoms with E-state index in [9.17, 15) is 19.2 Å². The predicted molar refractivity (Wildman–Crippen MR) is 138 cm³/mol. The number of esters is 1. The normalized spacial score (nSPS) is 13.9. The molecule has 9 heteroatoms. The molecule has 0 aliphatic carbocycles. The van der Waals surface area contributed by atoms with Crippen LogP contribution in [0.25, 0.3) is 0 Å². The Morgan fingerprint density at radius 1 is 1.06 bits per heavy atom. The van der Waals surface area contributed by atoms with Gasteiger partial charge in [0.2, 0.25) is 11.8 Å². The Bertz CT molecular complexity index is 938. The number of alkyl carbamates (subject to hydrolysis) is 1. The van der Waals surface area contributed by atoms with Crippen LogP contribution in [-0.2, 0) is 23.9 Å². The third-order valence-corrected chi connectivity index (χ3v) is 6.06. The summed E-state index contributed by atoms with van der Waals surface area (Å²) in [7, 11) is 1.24. The Labute approximate surface area is 215 Å². The molecule has 202 valence electrons. The minimum Gasteiger partial charge on any atom is -0.468 e. The third kappa shape index (κ3) is 8.53. The van der Waals surface area contributed by atoms with Gasteiger partial charge in [0.25, 0.3) is 0 Å². The zero-order chi connectivity index (χ0) is 27.8. The van der Waals surface area contributed by atoms with Crippen molar-refractivity contribution in [2.24, 2.45) is 5.92 Å². The van der Waals surface area contributed by atoms with Gasteiger partial charge in [-0.3, -0.25) is 14.4 Å². The summed E-state index contributed by atoms with van der Waals surface area (Å²) >= 11 is 0. The van der Waals surface area contributed by atoms with Gasteiger partial charge in [-0.25, -0.2) is 4.79 Å². The van der Waals surface area contributed by atoms with E-state index in [-0.39, 0.29) is 12.5 Å². The van der Waals surface area contributed by atoms with Gasteiger partial charge in [0, 0.05) is 6.04 Å². The topological polar surface area (TPSA) is 114 Å². The van der Waals surface area contributed by atoms with E-state index in [1.54, 1.807) is 26.8 Å². The summed E-state index contributed by atoms with van der Waals surface area (Å²) in [6.45, 7) is 16.1. The maximum atomic E-state index is 14.1. The molecule has 3 atom stereocenters. The first-order valence-electron chi connectivity index (χ1n) is 12.4. The molecule has 0 bridgehead atoms. The Morgan fingerprint density at radius 3 is 2.17 bits per heavy atom. The third-order valence-electron chi connectivity index (χ3n) is 6.06. The molecule has 0 aliphatic rings. The largest absolute Gasteiger partial charge is 0.468 e. The van der Waals surface area contributed by atoms with Crippen molar-refractivity contribution < 1.29 is 28.7 Å². The first-order chi connectivity index (χ1) is 16.6. The van der Waals surface area contributed by atoms with Gasteiger partial charge in [-0.1, -0.05) is 38.5 Å². The SMILES string of the molecule is CCC(C)C(NC(=O)OC(C)(C)C)C(=O)N(C(C)C)C(C(=O)NCC(=O)OC)c1cccc(C)c1C. The Kier molecular flexibility index (Phi) is 11.4. The molecular weight excluding hydrogens is 462 g/mol. The number of carbonyl (C=O) groups is 4. The molecule has 0 saturated heterocycles. The zero-order valence-electron chi connectivity index (χ0n) is 23.4. The van der Waals surface area contributed by atoms with Crippen LogP contribution in [0.4, 0.5) is 4.79 Å². The molecule has 3 unspecified atom stereocenters. The van der Waals surface area contributed by atoms with E-state index in [2.05, 4.69) is 15.4 Å². The molecule has 0 aromatic heterocycles. The highest BCUT2D eigenvalue weighted by Crippen LogP contribution is 2.30. The van der Waals surface area contributed by atoms with Crippen LogP contribution < -0.4 is 10.6 Å². The standard InChI is InChI=1S/C27H43N3O6/c1-11-17(4)22(29-26(34)36-27(7,8)9)25(33)30(16(2)3)23(24(32)28-15-21(31)35-10)20-14-12-13-18(5)19(20)6/h12-14,16-17,22-23H,11,15H2,1-10H3,(H,28,32)(H,29,34).